The number of nitrogens with one attached hydrogen (secondary N) is 1. The van der Waals surface area contributed by atoms with Crippen molar-refractivity contribution in [3.05, 3.63) is 36.5 Å². The Hall–Kier alpha value is -1.15. The van der Waals surface area contributed by atoms with Crippen LogP contribution in [-0.2, 0) is 0 Å². The molecule has 2 heteroatoms. The highest BCUT2D eigenvalue weighted by molar-refractivity contribution is 7.80. The van der Waals surface area contributed by atoms with Crippen molar-refractivity contribution in [3.63, 3.8) is 0 Å². The van der Waals surface area contributed by atoms with Gasteiger partial charge in [0.05, 0.1) is 0 Å². The molecule has 1 aromatic heterocycles. The van der Waals surface area contributed by atoms with Gasteiger partial charge in [0.25, 0.3) is 0 Å². The zero-order chi connectivity index (χ0) is 8.55. The SMILES string of the molecule is C=Cc1cccc2[nH]cc(S)c12. The van der Waals surface area contributed by atoms with Gasteiger partial charge in [0.1, 0.15) is 0 Å². The maximum Gasteiger partial charge on any atom is 0.0471 e. The summed E-state index contributed by atoms with van der Waals surface area (Å²) in [6.07, 6.45) is 3.73. The summed E-state index contributed by atoms with van der Waals surface area (Å²) in [7, 11) is 0. The molecular formula is C10H9NS. The minimum absolute atomic E-state index is 0.973. The summed E-state index contributed by atoms with van der Waals surface area (Å²) in [5, 5.41) is 1.15. The van der Waals surface area contributed by atoms with E-state index in [1.807, 2.05) is 30.5 Å². The molecule has 12 heavy (non-hydrogen) atoms. The summed E-state index contributed by atoms with van der Waals surface area (Å²) in [6, 6.07) is 6.06. The van der Waals surface area contributed by atoms with Gasteiger partial charge >= 0.3 is 0 Å². The van der Waals surface area contributed by atoms with Crippen LogP contribution >= 0.6 is 12.6 Å². The number of rotatable bonds is 1. The van der Waals surface area contributed by atoms with Gasteiger partial charge in [0.2, 0.25) is 0 Å². The van der Waals surface area contributed by atoms with Crippen LogP contribution in [0.2, 0.25) is 0 Å². The molecule has 1 nitrogen and oxygen atoms in total. The molecule has 0 saturated heterocycles. The fourth-order valence-electron chi connectivity index (χ4n) is 1.36. The Morgan fingerprint density at radius 3 is 3.00 bits per heavy atom. The first-order valence-corrected chi connectivity index (χ1v) is 4.19. The van der Waals surface area contributed by atoms with Gasteiger partial charge in [-0.2, -0.15) is 0 Å². The average Bonchev–Trinajstić information content (AvgIpc) is 2.48. The van der Waals surface area contributed by atoms with Crippen LogP contribution in [0.5, 0.6) is 0 Å². The predicted molar refractivity (Wildman–Crippen MR) is 55.6 cm³/mol. The summed E-state index contributed by atoms with van der Waals surface area (Å²) in [5.41, 5.74) is 2.23. The number of benzene rings is 1. The highest BCUT2D eigenvalue weighted by atomic mass is 32.1. The number of hydrogen-bond acceptors (Lipinski definition) is 1. The molecule has 0 spiro atoms. The molecule has 0 unspecified atom stereocenters. The molecule has 1 N–H and O–H groups in total. The van der Waals surface area contributed by atoms with Crippen LogP contribution in [0.15, 0.2) is 35.9 Å². The lowest BCUT2D eigenvalue weighted by Gasteiger charge is -1.96. The van der Waals surface area contributed by atoms with E-state index >= 15 is 0 Å². The third-order valence-corrected chi connectivity index (χ3v) is 2.29. The van der Waals surface area contributed by atoms with Gasteiger partial charge in [-0.15, -0.1) is 12.6 Å². The molecule has 0 atom stereocenters. The van der Waals surface area contributed by atoms with Gasteiger partial charge in [0.15, 0.2) is 0 Å². The number of hydrogen-bond donors (Lipinski definition) is 2. The molecule has 0 amide bonds. The van der Waals surface area contributed by atoms with E-state index in [0.717, 1.165) is 21.4 Å². The third-order valence-electron chi connectivity index (χ3n) is 1.94. The minimum atomic E-state index is 0.973. The summed E-state index contributed by atoms with van der Waals surface area (Å²) in [5.74, 6) is 0. The van der Waals surface area contributed by atoms with Gasteiger partial charge in [-0.25, -0.2) is 0 Å². The molecule has 0 radical (unpaired) electrons. The summed E-state index contributed by atoms with van der Waals surface area (Å²) in [4.78, 5) is 4.11. The largest absolute Gasteiger partial charge is 0.360 e. The fourth-order valence-corrected chi connectivity index (χ4v) is 1.68. The monoisotopic (exact) mass is 175 g/mol. The van der Waals surface area contributed by atoms with Gasteiger partial charge in [-0.1, -0.05) is 24.8 Å². The molecule has 1 heterocycles. The first kappa shape index (κ1) is 7.50. The fraction of sp³-hybridized carbons (Fsp3) is 0. The Morgan fingerprint density at radius 1 is 1.42 bits per heavy atom. The predicted octanol–water partition coefficient (Wildman–Crippen LogP) is 3.10. The molecule has 0 aliphatic carbocycles. The summed E-state index contributed by atoms with van der Waals surface area (Å²) in [6.45, 7) is 3.75. The zero-order valence-electron chi connectivity index (χ0n) is 6.54. The van der Waals surface area contributed by atoms with E-state index in [9.17, 15) is 0 Å². The van der Waals surface area contributed by atoms with Crippen LogP contribution in [0.1, 0.15) is 5.56 Å². The molecule has 0 aliphatic heterocycles. The topological polar surface area (TPSA) is 15.8 Å². The number of thiol groups is 1. The van der Waals surface area contributed by atoms with Crippen LogP contribution in [0.4, 0.5) is 0 Å². The lowest BCUT2D eigenvalue weighted by Crippen LogP contribution is -1.73. The van der Waals surface area contributed by atoms with Crippen molar-refractivity contribution < 1.29 is 0 Å². The lowest BCUT2D eigenvalue weighted by atomic mass is 10.1. The second kappa shape index (κ2) is 2.72. The number of H-pyrrole nitrogens is 1. The maximum atomic E-state index is 4.35. The lowest BCUT2D eigenvalue weighted by molar-refractivity contribution is 1.42. The van der Waals surface area contributed by atoms with Crippen LogP contribution in [0, 0.1) is 0 Å². The summed E-state index contributed by atoms with van der Waals surface area (Å²) < 4.78 is 0. The standard InChI is InChI=1S/C10H9NS/c1-2-7-4-3-5-8-10(7)9(12)6-11-8/h2-6,11-12H,1H2. The van der Waals surface area contributed by atoms with E-state index in [4.69, 9.17) is 0 Å². The Morgan fingerprint density at radius 2 is 2.25 bits per heavy atom. The van der Waals surface area contributed by atoms with E-state index in [1.54, 1.807) is 0 Å². The molecule has 2 rings (SSSR count). The molecule has 60 valence electrons. The van der Waals surface area contributed by atoms with Crippen molar-refractivity contribution in [2.45, 2.75) is 4.90 Å². The molecule has 0 bridgehead atoms. The smallest absolute Gasteiger partial charge is 0.0471 e. The summed E-state index contributed by atoms with van der Waals surface area (Å²) >= 11 is 4.35. The second-order valence-electron chi connectivity index (χ2n) is 2.65. The number of fused-ring (bicyclic) bond motifs is 1. The molecule has 0 saturated carbocycles. The number of aromatic nitrogens is 1. The third kappa shape index (κ3) is 0.959. The highest BCUT2D eigenvalue weighted by Crippen LogP contribution is 2.25. The van der Waals surface area contributed by atoms with E-state index in [1.165, 1.54) is 0 Å². The van der Waals surface area contributed by atoms with E-state index < -0.39 is 0 Å². The molecule has 2 aromatic rings. The van der Waals surface area contributed by atoms with Crippen molar-refractivity contribution in [2.75, 3.05) is 0 Å². The normalized spacial score (nSPS) is 10.4. The number of aromatic amines is 1. The average molecular weight is 175 g/mol. The highest BCUT2D eigenvalue weighted by Gasteiger charge is 2.01. The van der Waals surface area contributed by atoms with Gasteiger partial charge in [0, 0.05) is 22.0 Å². The van der Waals surface area contributed by atoms with Gasteiger partial charge in [-0.3, -0.25) is 0 Å². The van der Waals surface area contributed by atoms with Gasteiger partial charge in [-0.05, 0) is 11.6 Å². The Bertz CT molecular complexity index is 428. The van der Waals surface area contributed by atoms with Crippen molar-refractivity contribution in [2.24, 2.45) is 0 Å². The zero-order valence-corrected chi connectivity index (χ0v) is 7.44. The van der Waals surface area contributed by atoms with Crippen molar-refractivity contribution in [1.82, 2.24) is 4.98 Å². The quantitative estimate of drug-likeness (QED) is 0.619. The van der Waals surface area contributed by atoms with Gasteiger partial charge < -0.3 is 4.98 Å². The first-order chi connectivity index (χ1) is 5.83. The van der Waals surface area contributed by atoms with E-state index in [-0.39, 0.29) is 0 Å². The van der Waals surface area contributed by atoms with Crippen molar-refractivity contribution in [3.8, 4) is 0 Å². The Balaban J connectivity index is 2.93. The van der Waals surface area contributed by atoms with Crippen molar-refractivity contribution >= 4 is 29.6 Å². The van der Waals surface area contributed by atoms with Crippen LogP contribution in [0.25, 0.3) is 17.0 Å². The first-order valence-electron chi connectivity index (χ1n) is 3.74. The molecule has 1 aromatic carbocycles. The van der Waals surface area contributed by atoms with Crippen molar-refractivity contribution in [1.29, 1.82) is 0 Å². The maximum absolute atomic E-state index is 4.35. The Kier molecular flexibility index (Phi) is 1.70. The van der Waals surface area contributed by atoms with Crippen LogP contribution < -0.4 is 0 Å². The van der Waals surface area contributed by atoms with E-state index in [2.05, 4.69) is 24.2 Å². The van der Waals surface area contributed by atoms with Crippen LogP contribution in [0.3, 0.4) is 0 Å². The second-order valence-corrected chi connectivity index (χ2v) is 3.13. The molecular weight excluding hydrogens is 166 g/mol. The van der Waals surface area contributed by atoms with Crippen LogP contribution in [-0.4, -0.2) is 4.98 Å². The Labute approximate surface area is 76.5 Å². The minimum Gasteiger partial charge on any atom is -0.360 e. The van der Waals surface area contributed by atoms with E-state index in [0.29, 0.717) is 0 Å². The molecule has 0 fully saturated rings. The molecule has 0 aliphatic rings.